The first-order chi connectivity index (χ1) is 9.43. The van der Waals surface area contributed by atoms with E-state index in [2.05, 4.69) is 74.4 Å². The third-order valence-electron chi connectivity index (χ3n) is 3.62. The summed E-state index contributed by atoms with van der Waals surface area (Å²) in [7, 11) is 0. The average molecular weight is 303 g/mol. The van der Waals surface area contributed by atoms with Crippen LogP contribution < -0.4 is 3.79 Å². The van der Waals surface area contributed by atoms with Gasteiger partial charge in [0.2, 0.25) is 0 Å². The molecule has 0 aliphatic carbocycles. The maximum atomic E-state index is 6.37. The molecule has 0 heterocycles. The van der Waals surface area contributed by atoms with Gasteiger partial charge in [0.15, 0.2) is 0 Å². The van der Waals surface area contributed by atoms with Crippen LogP contribution >= 0.6 is 0 Å². The fourth-order valence-corrected chi connectivity index (χ4v) is 3.24. The lowest BCUT2D eigenvalue weighted by Gasteiger charge is -2.31. The van der Waals surface area contributed by atoms with Crippen molar-refractivity contribution in [1.29, 1.82) is 0 Å². The van der Waals surface area contributed by atoms with E-state index < -0.39 is 0 Å². The van der Waals surface area contributed by atoms with Crippen molar-refractivity contribution in [2.45, 2.75) is 78.4 Å². The van der Waals surface area contributed by atoms with E-state index in [0.29, 0.717) is 5.92 Å². The fraction of sp³-hybridized carbons (Fsp3) is 0.684. The topological polar surface area (TPSA) is 9.23 Å². The Hall–Kier alpha value is -0.448. The zero-order chi connectivity index (χ0) is 16.4. The number of hydrogen-bond donors (Lipinski definition) is 0. The molecule has 21 heavy (non-hydrogen) atoms. The molecule has 0 aliphatic heterocycles. The van der Waals surface area contributed by atoms with Crippen LogP contribution in [0, 0.1) is 12.8 Å². The van der Waals surface area contributed by atoms with Crippen LogP contribution in [0.1, 0.15) is 72.1 Å². The van der Waals surface area contributed by atoms with Crippen LogP contribution in [0.25, 0.3) is 0 Å². The van der Waals surface area contributed by atoms with Crippen LogP contribution in [0.4, 0.5) is 0 Å². The van der Waals surface area contributed by atoms with Gasteiger partial charge in [0, 0.05) is 0 Å². The summed E-state index contributed by atoms with van der Waals surface area (Å²) in [5, 5.41) is 1.18. The van der Waals surface area contributed by atoms with Gasteiger partial charge < -0.3 is 3.79 Å². The van der Waals surface area contributed by atoms with Crippen molar-refractivity contribution < 1.29 is 3.79 Å². The van der Waals surface area contributed by atoms with E-state index in [1.54, 1.807) is 0 Å². The lowest BCUT2D eigenvalue weighted by molar-refractivity contribution is 0.488. The summed E-state index contributed by atoms with van der Waals surface area (Å²) in [6.45, 7) is 20.4. The maximum Gasteiger partial charge on any atom is 0.523 e. The molecule has 0 fully saturated rings. The van der Waals surface area contributed by atoms with Gasteiger partial charge in [0.05, 0.1) is 5.75 Å². The molecular weight excluding hydrogens is 271 g/mol. The van der Waals surface area contributed by atoms with Crippen LogP contribution in [0.3, 0.4) is 0 Å². The molecule has 0 spiro atoms. The first kappa shape index (κ1) is 18.6. The minimum atomic E-state index is 0.0161. The summed E-state index contributed by atoms with van der Waals surface area (Å²) in [6.07, 6.45) is 0. The summed E-state index contributed by atoms with van der Waals surface area (Å²) in [5.74, 6) is 1.86. The first-order valence-electron chi connectivity index (χ1n) is 8.07. The lowest BCUT2D eigenvalue weighted by atomic mass is 9.78. The number of hydrogen-bond acceptors (Lipinski definition) is 1. The van der Waals surface area contributed by atoms with Gasteiger partial charge in [-0.1, -0.05) is 84.3 Å². The van der Waals surface area contributed by atoms with E-state index in [1.807, 2.05) is 0 Å². The zero-order valence-electron chi connectivity index (χ0n) is 15.4. The van der Waals surface area contributed by atoms with E-state index in [9.17, 15) is 0 Å². The second-order valence-corrected chi connectivity index (χ2v) is 9.64. The summed E-state index contributed by atoms with van der Waals surface area (Å²) in [5.41, 5.74) is 4.25. The van der Waals surface area contributed by atoms with Crippen molar-refractivity contribution in [3.63, 3.8) is 0 Å². The first-order valence-corrected chi connectivity index (χ1v) is 9.35. The predicted molar refractivity (Wildman–Crippen MR) is 94.6 cm³/mol. The minimum Gasteiger partial charge on any atom is -0.647 e. The molecule has 1 rings (SSSR count). The van der Waals surface area contributed by atoms with Crippen molar-refractivity contribution >= 4 is 15.6 Å². The number of aryl methyl sites for hydroxylation is 1. The third kappa shape index (κ3) is 5.35. The van der Waals surface area contributed by atoms with Crippen LogP contribution in [-0.2, 0) is 10.8 Å². The van der Waals surface area contributed by atoms with Crippen molar-refractivity contribution in [3.8, 4) is 5.75 Å². The quantitative estimate of drug-likeness (QED) is 0.652. The lowest BCUT2D eigenvalue weighted by Crippen LogP contribution is -2.21. The summed E-state index contributed by atoms with van der Waals surface area (Å²) < 4.78 is 6.37. The van der Waals surface area contributed by atoms with Crippen molar-refractivity contribution in [1.82, 2.24) is 0 Å². The highest BCUT2D eigenvalue weighted by molar-refractivity contribution is 6.28. The highest BCUT2D eigenvalue weighted by Crippen LogP contribution is 2.40. The summed E-state index contributed by atoms with van der Waals surface area (Å²) >= 11 is 0.0161. The molecule has 0 aliphatic rings. The molecular formula is C19H32AlO. The van der Waals surface area contributed by atoms with Gasteiger partial charge in [0.1, 0.15) is 0 Å². The Morgan fingerprint density at radius 3 is 1.71 bits per heavy atom. The largest absolute Gasteiger partial charge is 0.647 e. The molecule has 0 N–H and O–H groups in total. The molecule has 1 aromatic carbocycles. The van der Waals surface area contributed by atoms with Gasteiger partial charge in [-0.25, -0.2) is 0 Å². The van der Waals surface area contributed by atoms with Gasteiger partial charge in [0.25, 0.3) is 0 Å². The van der Waals surface area contributed by atoms with Gasteiger partial charge in [-0.2, -0.15) is 0 Å². The zero-order valence-corrected chi connectivity index (χ0v) is 16.6. The third-order valence-corrected chi connectivity index (χ3v) is 5.16. The Morgan fingerprint density at radius 2 is 1.38 bits per heavy atom. The molecule has 0 amide bonds. The van der Waals surface area contributed by atoms with Gasteiger partial charge in [-0.3, -0.25) is 0 Å². The highest BCUT2D eigenvalue weighted by Gasteiger charge is 2.27. The van der Waals surface area contributed by atoms with E-state index >= 15 is 0 Å². The van der Waals surface area contributed by atoms with Gasteiger partial charge in [-0.05, 0) is 28.9 Å². The van der Waals surface area contributed by atoms with Crippen molar-refractivity contribution in [3.05, 3.63) is 28.8 Å². The predicted octanol–water partition coefficient (Wildman–Crippen LogP) is 5.66. The molecule has 0 unspecified atom stereocenters. The molecule has 117 valence electrons. The fourth-order valence-electron chi connectivity index (χ4n) is 2.34. The molecule has 1 radical (unpaired) electrons. The Bertz CT molecular complexity index is 440. The average Bonchev–Trinajstić information content (AvgIpc) is 2.27. The standard InChI is InChI=1S/C15H24O.C4H9.Al/c1-10-8-11(14(2,3)4)13(16)12(9-10)15(5,6)7;1-4(2)3;/h8-9,16H,1-7H3;4H,1H2,2-3H3;/q;;+1/p-1. The molecule has 0 atom stereocenters. The van der Waals surface area contributed by atoms with Crippen LogP contribution in [-0.4, -0.2) is 15.6 Å². The molecule has 0 aromatic heterocycles. The van der Waals surface area contributed by atoms with Crippen LogP contribution in [0.5, 0.6) is 5.75 Å². The second-order valence-electron chi connectivity index (χ2n) is 8.60. The summed E-state index contributed by atoms with van der Waals surface area (Å²) in [4.78, 5) is 0. The smallest absolute Gasteiger partial charge is 0.523 e. The Labute approximate surface area is 138 Å². The van der Waals surface area contributed by atoms with E-state index in [-0.39, 0.29) is 26.4 Å². The molecule has 0 saturated heterocycles. The van der Waals surface area contributed by atoms with Gasteiger partial charge in [-0.15, -0.1) is 0 Å². The van der Waals surface area contributed by atoms with Crippen LogP contribution in [0.2, 0.25) is 5.28 Å². The van der Waals surface area contributed by atoms with Crippen molar-refractivity contribution in [2.75, 3.05) is 0 Å². The van der Waals surface area contributed by atoms with Crippen molar-refractivity contribution in [2.24, 2.45) is 5.92 Å². The van der Waals surface area contributed by atoms with Gasteiger partial charge >= 0.3 is 15.6 Å². The Morgan fingerprint density at radius 1 is 0.952 bits per heavy atom. The normalized spacial score (nSPS) is 12.7. The molecule has 2 heteroatoms. The highest BCUT2D eigenvalue weighted by atomic mass is 27.1. The van der Waals surface area contributed by atoms with Crippen LogP contribution in [0.15, 0.2) is 12.1 Å². The molecule has 1 aromatic rings. The molecule has 0 saturated carbocycles. The SMILES string of the molecule is Cc1cc(C(C)(C)C)c([O][Al][CH2]C(C)C)c(C(C)(C)C)c1. The van der Waals surface area contributed by atoms with E-state index in [1.165, 1.54) is 22.0 Å². The number of rotatable bonds is 4. The Kier molecular flexibility index (Phi) is 5.99. The van der Waals surface area contributed by atoms with E-state index in [4.69, 9.17) is 3.79 Å². The summed E-state index contributed by atoms with van der Waals surface area (Å²) in [6, 6.07) is 4.61. The monoisotopic (exact) mass is 303 g/mol. The van der Waals surface area contributed by atoms with E-state index in [0.717, 1.165) is 5.75 Å². The number of benzene rings is 1. The Balaban J connectivity index is 3.33. The minimum absolute atomic E-state index is 0.0161. The maximum absolute atomic E-state index is 6.37. The molecule has 0 bridgehead atoms. The molecule has 1 nitrogen and oxygen atoms in total. The second kappa shape index (κ2) is 6.76.